The third kappa shape index (κ3) is 4.67. The second-order valence-electron chi connectivity index (χ2n) is 19.4. The van der Waals surface area contributed by atoms with Gasteiger partial charge in [-0.2, -0.15) is 0 Å². The zero-order valence-corrected chi connectivity index (χ0v) is 35.9. The Morgan fingerprint density at radius 3 is 2.02 bits per heavy atom. The van der Waals surface area contributed by atoms with Crippen molar-refractivity contribution < 1.29 is 4.42 Å². The average molecular weight is 798 g/mol. The lowest BCUT2D eigenvalue weighted by Crippen LogP contribution is -2.47. The van der Waals surface area contributed by atoms with Crippen molar-refractivity contribution in [2.24, 2.45) is 0 Å². The number of hydrogen-bond donors (Lipinski definition) is 1. The number of benzene rings is 8. The average Bonchev–Trinajstić information content (AvgIpc) is 3.81. The molecule has 1 N–H and O–H groups in total. The molecule has 0 unspecified atom stereocenters. The second-order valence-corrected chi connectivity index (χ2v) is 19.4. The first-order valence-corrected chi connectivity index (χ1v) is 22.2. The molecular weight excluding hydrogens is 751 g/mol. The van der Waals surface area contributed by atoms with Crippen LogP contribution in [0.1, 0.15) is 79.5 Å². The summed E-state index contributed by atoms with van der Waals surface area (Å²) in [5.74, 6) is 0. The van der Waals surface area contributed by atoms with Crippen LogP contribution >= 0.6 is 0 Å². The fourth-order valence-electron chi connectivity index (χ4n) is 12.0. The van der Waals surface area contributed by atoms with Crippen molar-refractivity contribution in [3.8, 4) is 22.3 Å². The van der Waals surface area contributed by atoms with E-state index in [1.807, 2.05) is 0 Å². The third-order valence-corrected chi connectivity index (χ3v) is 15.0. The Morgan fingerprint density at radius 2 is 1.23 bits per heavy atom. The van der Waals surface area contributed by atoms with Gasteiger partial charge in [-0.1, -0.05) is 148 Å². The van der Waals surface area contributed by atoms with Gasteiger partial charge in [-0.3, -0.25) is 0 Å². The minimum Gasteiger partial charge on any atom is -0.455 e. The first-order chi connectivity index (χ1) is 30.1. The Balaban J connectivity index is 1.06. The fourth-order valence-corrected chi connectivity index (χ4v) is 12.0. The molecule has 0 bridgehead atoms. The van der Waals surface area contributed by atoms with Crippen LogP contribution in [-0.2, 0) is 16.2 Å². The van der Waals surface area contributed by atoms with Gasteiger partial charge in [0.05, 0.1) is 16.8 Å². The number of nitrogens with one attached hydrogen (secondary N) is 1. The number of rotatable bonds is 3. The highest BCUT2D eigenvalue weighted by Crippen LogP contribution is 2.63. The van der Waals surface area contributed by atoms with Gasteiger partial charge in [0.25, 0.3) is 0 Å². The number of anilines is 5. The van der Waals surface area contributed by atoms with Gasteiger partial charge in [0.15, 0.2) is 7.28 Å². The van der Waals surface area contributed by atoms with Crippen molar-refractivity contribution in [1.82, 2.24) is 0 Å². The molecule has 2 aliphatic heterocycles. The van der Waals surface area contributed by atoms with Crippen LogP contribution in [0.5, 0.6) is 0 Å². The quantitative estimate of drug-likeness (QED) is 0.181. The molecule has 62 heavy (non-hydrogen) atoms. The van der Waals surface area contributed by atoms with Crippen LogP contribution in [0.25, 0.3) is 44.2 Å². The van der Waals surface area contributed by atoms with Gasteiger partial charge in [-0.15, -0.1) is 0 Å². The van der Waals surface area contributed by atoms with Crippen LogP contribution in [-0.4, -0.2) is 7.28 Å². The summed E-state index contributed by atoms with van der Waals surface area (Å²) in [5, 5.41) is 6.24. The largest absolute Gasteiger partial charge is 0.455 e. The molecule has 2 aliphatic carbocycles. The van der Waals surface area contributed by atoms with Gasteiger partial charge in [0.1, 0.15) is 11.2 Å². The van der Waals surface area contributed by atoms with Crippen molar-refractivity contribution in [2.45, 2.75) is 63.7 Å². The van der Waals surface area contributed by atoms with E-state index in [1.165, 1.54) is 90.9 Å². The predicted octanol–water partition coefficient (Wildman–Crippen LogP) is 13.8. The molecule has 1 aromatic heterocycles. The summed E-state index contributed by atoms with van der Waals surface area (Å²) in [4.78, 5) is 2.57. The molecule has 9 aromatic rings. The van der Waals surface area contributed by atoms with Crippen molar-refractivity contribution in [3.63, 3.8) is 0 Å². The van der Waals surface area contributed by atoms with Crippen LogP contribution in [0.2, 0.25) is 0 Å². The lowest BCUT2D eigenvalue weighted by Gasteiger charge is -2.48. The Kier molecular flexibility index (Phi) is 7.20. The first-order valence-electron chi connectivity index (χ1n) is 22.2. The SMILES string of the molecule is Cc1cc(-c2c(Nc3ccc4c(c3)C(C)(C)CCC4(C)C)ccc3c2oc2ccccc23)c2c(c1)N1c3ccccc3C3(c4ccccc4-c4ccccc43)c3cccc(c31)[B]2. The summed E-state index contributed by atoms with van der Waals surface area (Å²) in [6, 6.07) is 59.0. The Labute approximate surface area is 364 Å². The van der Waals surface area contributed by atoms with Crippen molar-refractivity contribution >= 4 is 68.6 Å². The molecule has 13 rings (SSSR count). The smallest absolute Gasteiger partial charge is 0.197 e. The second kappa shape index (κ2) is 12.4. The van der Waals surface area contributed by atoms with Gasteiger partial charge in [0.2, 0.25) is 0 Å². The minimum atomic E-state index is -0.459. The van der Waals surface area contributed by atoms with Crippen molar-refractivity contribution in [3.05, 3.63) is 197 Å². The number of fused-ring (bicyclic) bond motifs is 15. The predicted molar refractivity (Wildman–Crippen MR) is 259 cm³/mol. The molecule has 0 saturated heterocycles. The zero-order valence-electron chi connectivity index (χ0n) is 35.9. The Bertz CT molecular complexity index is 3360. The number of para-hydroxylation sites is 3. The normalized spacial score (nSPS) is 16.5. The molecule has 3 heterocycles. The lowest BCUT2D eigenvalue weighted by molar-refractivity contribution is 0.332. The molecule has 4 heteroatoms. The Morgan fingerprint density at radius 1 is 0.548 bits per heavy atom. The molecule has 3 nitrogen and oxygen atoms in total. The van der Waals surface area contributed by atoms with E-state index in [0.717, 1.165) is 44.4 Å². The zero-order chi connectivity index (χ0) is 41.7. The Hall–Kier alpha value is -6.78. The van der Waals surface area contributed by atoms with E-state index in [2.05, 4.69) is 210 Å². The molecule has 0 fully saturated rings. The van der Waals surface area contributed by atoms with Crippen LogP contribution in [0.4, 0.5) is 28.4 Å². The van der Waals surface area contributed by atoms with E-state index in [9.17, 15) is 0 Å². The summed E-state index contributed by atoms with van der Waals surface area (Å²) in [6.07, 6.45) is 2.36. The fraction of sp³-hybridized carbons (Fsp3) is 0.172. The number of aryl methyl sites for hydroxylation is 1. The maximum Gasteiger partial charge on any atom is 0.197 e. The summed E-state index contributed by atoms with van der Waals surface area (Å²) < 4.78 is 6.97. The van der Waals surface area contributed by atoms with Crippen LogP contribution in [0.15, 0.2) is 162 Å². The molecule has 0 atom stereocenters. The molecule has 1 radical (unpaired) electrons. The van der Waals surface area contributed by atoms with E-state index >= 15 is 0 Å². The van der Waals surface area contributed by atoms with Crippen LogP contribution in [0, 0.1) is 6.92 Å². The maximum absolute atomic E-state index is 6.97. The number of furan rings is 1. The molecule has 0 amide bonds. The molecule has 4 aliphatic rings. The summed E-state index contributed by atoms with van der Waals surface area (Å²) in [7, 11) is 2.45. The molecular formula is C58H46BN2O. The van der Waals surface area contributed by atoms with E-state index in [4.69, 9.17) is 4.42 Å². The van der Waals surface area contributed by atoms with E-state index in [0.29, 0.717) is 0 Å². The topological polar surface area (TPSA) is 28.4 Å². The number of hydrogen-bond acceptors (Lipinski definition) is 3. The lowest BCUT2D eigenvalue weighted by atomic mass is 9.54. The van der Waals surface area contributed by atoms with E-state index < -0.39 is 5.41 Å². The van der Waals surface area contributed by atoms with Gasteiger partial charge >= 0.3 is 0 Å². The molecule has 8 aromatic carbocycles. The van der Waals surface area contributed by atoms with Gasteiger partial charge in [0, 0.05) is 33.4 Å². The van der Waals surface area contributed by atoms with E-state index in [-0.39, 0.29) is 10.8 Å². The van der Waals surface area contributed by atoms with Crippen molar-refractivity contribution in [2.75, 3.05) is 10.2 Å². The highest BCUT2D eigenvalue weighted by Gasteiger charge is 2.53. The van der Waals surface area contributed by atoms with Crippen LogP contribution in [0.3, 0.4) is 0 Å². The first kappa shape index (κ1) is 35.9. The van der Waals surface area contributed by atoms with Crippen LogP contribution < -0.4 is 21.1 Å². The highest BCUT2D eigenvalue weighted by atomic mass is 16.3. The van der Waals surface area contributed by atoms with E-state index in [1.54, 1.807) is 0 Å². The molecule has 0 saturated carbocycles. The maximum atomic E-state index is 6.97. The summed E-state index contributed by atoms with van der Waals surface area (Å²) in [5.41, 5.74) is 24.0. The summed E-state index contributed by atoms with van der Waals surface area (Å²) >= 11 is 0. The number of nitrogens with zero attached hydrogens (tertiary/aromatic N) is 1. The van der Waals surface area contributed by atoms with Gasteiger partial charge in [-0.25, -0.2) is 0 Å². The van der Waals surface area contributed by atoms with Gasteiger partial charge < -0.3 is 14.6 Å². The van der Waals surface area contributed by atoms with Crippen molar-refractivity contribution in [1.29, 1.82) is 0 Å². The highest BCUT2D eigenvalue weighted by molar-refractivity contribution is 6.73. The van der Waals surface area contributed by atoms with Gasteiger partial charge in [-0.05, 0) is 134 Å². The standard InChI is InChI=1S/C58H46BN2O/c1-34-31-40(52-48(28-26-39-38-17-8-13-24-51(38)62-55(39)52)60-35-25-27-43-46(33-35)57(4,5)30-29-56(43,2)3)53-50(32-34)61-49-23-12-11-20-44(49)58(45-21-14-22-47(59-53)54(45)61)41-18-9-6-15-36(41)37-16-7-10-19-42(37)58/h6-28,31-33,60H,29-30H2,1-5H3. The monoisotopic (exact) mass is 797 g/mol. The molecule has 297 valence electrons. The summed E-state index contributed by atoms with van der Waals surface area (Å²) in [6.45, 7) is 11.8. The molecule has 1 spiro atoms. The minimum absolute atomic E-state index is 0.0941. The third-order valence-electron chi connectivity index (χ3n) is 15.0.